The second kappa shape index (κ2) is 7.88. The van der Waals surface area contributed by atoms with Crippen LogP contribution in [0.4, 0.5) is 5.69 Å². The molecule has 2 amide bonds. The summed E-state index contributed by atoms with van der Waals surface area (Å²) in [7, 11) is 1.57. The molecule has 7 heteroatoms. The first-order valence-electron chi connectivity index (χ1n) is 8.57. The van der Waals surface area contributed by atoms with Crippen LogP contribution < -0.4 is 14.8 Å². The van der Waals surface area contributed by atoms with E-state index >= 15 is 0 Å². The van der Waals surface area contributed by atoms with Crippen LogP contribution in [-0.2, 0) is 4.79 Å². The Hall–Kier alpha value is -2.73. The lowest BCUT2D eigenvalue weighted by molar-refractivity contribution is -0.116. The summed E-state index contributed by atoms with van der Waals surface area (Å²) >= 11 is 6.19. The van der Waals surface area contributed by atoms with Gasteiger partial charge in [0, 0.05) is 18.3 Å². The molecule has 0 bridgehead atoms. The van der Waals surface area contributed by atoms with Crippen molar-refractivity contribution in [3.8, 4) is 11.5 Å². The number of aryl methyl sites for hydroxylation is 2. The number of halogens is 1. The van der Waals surface area contributed by atoms with Crippen molar-refractivity contribution in [3.63, 3.8) is 0 Å². The minimum atomic E-state index is -0.329. The number of likely N-dealkylation sites (N-methyl/N-ethyl adjacent to an activating group) is 1. The Labute approximate surface area is 163 Å². The number of rotatable bonds is 4. The molecule has 1 aliphatic rings. The molecule has 0 spiro atoms. The van der Waals surface area contributed by atoms with Crippen LogP contribution in [0.5, 0.6) is 11.5 Å². The zero-order chi connectivity index (χ0) is 19.6. The van der Waals surface area contributed by atoms with Crippen LogP contribution in [0.1, 0.15) is 21.5 Å². The van der Waals surface area contributed by atoms with Gasteiger partial charge in [0.25, 0.3) is 5.91 Å². The fourth-order valence-corrected chi connectivity index (χ4v) is 3.07. The highest BCUT2D eigenvalue weighted by Gasteiger charge is 2.22. The molecular weight excluding hydrogens is 368 g/mol. The van der Waals surface area contributed by atoms with Crippen molar-refractivity contribution < 1.29 is 19.1 Å². The van der Waals surface area contributed by atoms with Crippen LogP contribution in [0.15, 0.2) is 30.3 Å². The number of benzene rings is 2. The third kappa shape index (κ3) is 4.34. The first-order chi connectivity index (χ1) is 12.8. The number of fused-ring (bicyclic) bond motifs is 1. The van der Waals surface area contributed by atoms with Gasteiger partial charge in [0.2, 0.25) is 5.91 Å². The van der Waals surface area contributed by atoms with Gasteiger partial charge in [0.15, 0.2) is 11.5 Å². The normalized spacial score (nSPS) is 12.4. The monoisotopic (exact) mass is 388 g/mol. The van der Waals surface area contributed by atoms with Crippen LogP contribution in [0.25, 0.3) is 0 Å². The Morgan fingerprint density at radius 3 is 2.67 bits per heavy atom. The molecule has 0 fully saturated rings. The SMILES string of the molecule is Cc1ccc(C)c(NC(=O)CN(C)C(=O)c2cc(Cl)c3c(c2)OCCO3)c1. The Kier molecular flexibility index (Phi) is 5.56. The molecule has 0 atom stereocenters. The number of carbonyl (C=O) groups is 2. The number of anilines is 1. The van der Waals surface area contributed by atoms with Crippen LogP contribution in [-0.4, -0.2) is 43.5 Å². The number of hydrogen-bond acceptors (Lipinski definition) is 4. The summed E-state index contributed by atoms with van der Waals surface area (Å²) in [4.78, 5) is 26.4. The lowest BCUT2D eigenvalue weighted by Gasteiger charge is -2.22. The van der Waals surface area contributed by atoms with Crippen LogP contribution in [0, 0.1) is 13.8 Å². The molecule has 0 unspecified atom stereocenters. The summed E-state index contributed by atoms with van der Waals surface area (Å²) in [5.41, 5.74) is 3.09. The molecule has 6 nitrogen and oxygen atoms in total. The maximum atomic E-state index is 12.7. The van der Waals surface area contributed by atoms with Crippen molar-refractivity contribution in [3.05, 3.63) is 52.0 Å². The molecule has 27 heavy (non-hydrogen) atoms. The lowest BCUT2D eigenvalue weighted by Crippen LogP contribution is -2.35. The first-order valence-corrected chi connectivity index (χ1v) is 8.94. The number of amides is 2. The molecule has 1 aliphatic heterocycles. The van der Waals surface area contributed by atoms with E-state index in [1.807, 2.05) is 32.0 Å². The largest absolute Gasteiger partial charge is 0.486 e. The van der Waals surface area contributed by atoms with E-state index in [1.165, 1.54) is 11.0 Å². The number of ether oxygens (including phenoxy) is 2. The summed E-state index contributed by atoms with van der Waals surface area (Å²) in [6, 6.07) is 8.93. The average Bonchev–Trinajstić information content (AvgIpc) is 2.64. The summed E-state index contributed by atoms with van der Waals surface area (Å²) in [5.74, 6) is 0.272. The second-order valence-corrected chi connectivity index (χ2v) is 6.92. The molecule has 2 aromatic rings. The summed E-state index contributed by atoms with van der Waals surface area (Å²) < 4.78 is 11.0. The van der Waals surface area contributed by atoms with Crippen LogP contribution in [0.3, 0.4) is 0 Å². The van der Waals surface area contributed by atoms with Gasteiger partial charge in [-0.2, -0.15) is 0 Å². The molecule has 0 aliphatic carbocycles. The predicted octanol–water partition coefficient (Wildman–Crippen LogP) is 3.44. The zero-order valence-corrected chi connectivity index (χ0v) is 16.2. The lowest BCUT2D eigenvalue weighted by atomic mass is 10.1. The molecule has 0 aromatic heterocycles. The maximum Gasteiger partial charge on any atom is 0.254 e. The van der Waals surface area contributed by atoms with E-state index in [4.69, 9.17) is 21.1 Å². The third-order valence-electron chi connectivity index (χ3n) is 4.24. The molecule has 2 aromatic carbocycles. The minimum absolute atomic E-state index is 0.0850. The van der Waals surface area contributed by atoms with Crippen molar-refractivity contribution in [1.82, 2.24) is 4.90 Å². The summed E-state index contributed by atoms with van der Waals surface area (Å²) in [5, 5.41) is 3.16. The fraction of sp³-hybridized carbons (Fsp3) is 0.300. The quantitative estimate of drug-likeness (QED) is 0.871. The molecule has 142 valence electrons. The highest BCUT2D eigenvalue weighted by Crippen LogP contribution is 2.38. The standard InChI is InChI=1S/C20H21ClN2O4/c1-12-4-5-13(2)16(8-12)22-18(24)11-23(3)20(25)14-9-15(21)19-17(10-14)26-6-7-27-19/h4-5,8-10H,6-7,11H2,1-3H3,(H,22,24). The van der Waals surface area contributed by atoms with Gasteiger partial charge >= 0.3 is 0 Å². The van der Waals surface area contributed by atoms with Gasteiger partial charge < -0.3 is 19.7 Å². The molecule has 0 radical (unpaired) electrons. The molecule has 1 N–H and O–H groups in total. The van der Waals surface area contributed by atoms with E-state index in [1.54, 1.807) is 13.1 Å². The Morgan fingerprint density at radius 1 is 1.15 bits per heavy atom. The highest BCUT2D eigenvalue weighted by molar-refractivity contribution is 6.32. The van der Waals surface area contributed by atoms with Gasteiger partial charge in [-0.25, -0.2) is 0 Å². The number of nitrogens with one attached hydrogen (secondary N) is 1. The highest BCUT2D eigenvalue weighted by atomic mass is 35.5. The van der Waals surface area contributed by atoms with Gasteiger partial charge in [-0.1, -0.05) is 23.7 Å². The predicted molar refractivity (Wildman–Crippen MR) is 104 cm³/mol. The number of hydrogen-bond donors (Lipinski definition) is 1. The molecular formula is C20H21ClN2O4. The fourth-order valence-electron chi connectivity index (χ4n) is 2.80. The van der Waals surface area contributed by atoms with Gasteiger partial charge in [-0.05, 0) is 43.2 Å². The van der Waals surface area contributed by atoms with Gasteiger partial charge in [-0.15, -0.1) is 0 Å². The molecule has 0 saturated heterocycles. The Morgan fingerprint density at radius 2 is 1.89 bits per heavy atom. The summed E-state index contributed by atoms with van der Waals surface area (Å²) in [6.45, 7) is 4.60. The Balaban J connectivity index is 1.69. The first kappa shape index (κ1) is 19.0. The van der Waals surface area contributed by atoms with E-state index in [0.717, 1.165) is 16.8 Å². The van der Waals surface area contributed by atoms with E-state index < -0.39 is 0 Å². The number of carbonyl (C=O) groups excluding carboxylic acids is 2. The molecule has 3 rings (SSSR count). The maximum absolute atomic E-state index is 12.7. The smallest absolute Gasteiger partial charge is 0.254 e. The van der Waals surface area contributed by atoms with Crippen molar-refractivity contribution in [2.24, 2.45) is 0 Å². The zero-order valence-electron chi connectivity index (χ0n) is 15.5. The van der Waals surface area contributed by atoms with Gasteiger partial charge in [0.05, 0.1) is 11.6 Å². The van der Waals surface area contributed by atoms with Crippen molar-refractivity contribution in [2.75, 3.05) is 32.1 Å². The average molecular weight is 389 g/mol. The van der Waals surface area contributed by atoms with E-state index in [-0.39, 0.29) is 18.4 Å². The number of nitrogens with zero attached hydrogens (tertiary/aromatic N) is 1. The van der Waals surface area contributed by atoms with Gasteiger partial charge in [-0.3, -0.25) is 9.59 Å². The Bertz CT molecular complexity index is 898. The molecule has 0 saturated carbocycles. The van der Waals surface area contributed by atoms with Crippen LogP contribution >= 0.6 is 11.6 Å². The summed E-state index contributed by atoms with van der Waals surface area (Å²) in [6.07, 6.45) is 0. The second-order valence-electron chi connectivity index (χ2n) is 6.51. The van der Waals surface area contributed by atoms with Crippen molar-refractivity contribution in [1.29, 1.82) is 0 Å². The van der Waals surface area contributed by atoms with E-state index in [0.29, 0.717) is 35.3 Å². The van der Waals surface area contributed by atoms with E-state index in [9.17, 15) is 9.59 Å². The van der Waals surface area contributed by atoms with Crippen molar-refractivity contribution >= 4 is 29.1 Å². The van der Waals surface area contributed by atoms with Gasteiger partial charge in [0.1, 0.15) is 13.2 Å². The van der Waals surface area contributed by atoms with Crippen LogP contribution in [0.2, 0.25) is 5.02 Å². The topological polar surface area (TPSA) is 67.9 Å². The third-order valence-corrected chi connectivity index (χ3v) is 4.52. The minimum Gasteiger partial charge on any atom is -0.486 e. The molecule has 1 heterocycles. The van der Waals surface area contributed by atoms with E-state index in [2.05, 4.69) is 5.32 Å². The van der Waals surface area contributed by atoms with Crippen molar-refractivity contribution in [2.45, 2.75) is 13.8 Å².